The van der Waals surface area contributed by atoms with Crippen LogP contribution < -0.4 is 0 Å². The summed E-state index contributed by atoms with van der Waals surface area (Å²) in [4.78, 5) is 0. The van der Waals surface area contributed by atoms with Gasteiger partial charge in [0.2, 0.25) is 4.38 Å². The first kappa shape index (κ1) is 11.7. The van der Waals surface area contributed by atoms with E-state index in [0.29, 0.717) is 11.0 Å². The van der Waals surface area contributed by atoms with Crippen molar-refractivity contribution in [1.29, 1.82) is 0 Å². The van der Waals surface area contributed by atoms with Crippen molar-refractivity contribution in [3.63, 3.8) is 0 Å². The minimum atomic E-state index is 0.317. The fraction of sp³-hybridized carbons (Fsp3) is 0.667. The Morgan fingerprint density at radius 1 is 1.62 bits per heavy atom. The van der Waals surface area contributed by atoms with E-state index in [2.05, 4.69) is 52.9 Å². The summed E-state index contributed by atoms with van der Waals surface area (Å²) in [7, 11) is 0. The van der Waals surface area contributed by atoms with Crippen LogP contribution in [0.15, 0.2) is 0 Å². The number of rotatable bonds is 1. The molecular formula is C3H8OS4. The summed E-state index contributed by atoms with van der Waals surface area (Å²) in [5.74, 6) is 0. The van der Waals surface area contributed by atoms with Gasteiger partial charge in [-0.15, -0.1) is 23.3 Å². The fourth-order valence-corrected chi connectivity index (χ4v) is 0.370. The van der Waals surface area contributed by atoms with Crippen molar-refractivity contribution in [3.8, 4) is 0 Å². The van der Waals surface area contributed by atoms with Crippen LogP contribution in [0.25, 0.3) is 0 Å². The van der Waals surface area contributed by atoms with Crippen LogP contribution in [0.3, 0.4) is 0 Å². The molecule has 0 rings (SSSR count). The van der Waals surface area contributed by atoms with Crippen LogP contribution in [0, 0.1) is 0 Å². The number of ether oxygens (including phenoxy) is 1. The maximum absolute atomic E-state index is 4.64. The van der Waals surface area contributed by atoms with Gasteiger partial charge in [0.25, 0.3) is 0 Å². The third-order valence-corrected chi connectivity index (χ3v) is 0.515. The topological polar surface area (TPSA) is 9.23 Å². The van der Waals surface area contributed by atoms with Crippen LogP contribution in [-0.4, -0.2) is 11.0 Å². The predicted octanol–water partition coefficient (Wildman–Crippen LogP) is 2.00. The molecule has 0 aromatic carbocycles. The molecule has 0 spiro atoms. The standard InChI is InChI=1S/C3H6OS2.H2S2/c1-2-4-3(5)6;1-2/h2H2,1H3,(H,5,6);1-2H. The van der Waals surface area contributed by atoms with Gasteiger partial charge in [0.15, 0.2) is 0 Å². The average molecular weight is 188 g/mol. The molecule has 0 fully saturated rings. The SMILES string of the molecule is CCOC(=S)S.SS. The smallest absolute Gasteiger partial charge is 0.216 e. The van der Waals surface area contributed by atoms with Gasteiger partial charge in [-0.3, -0.25) is 0 Å². The van der Waals surface area contributed by atoms with Gasteiger partial charge in [0.05, 0.1) is 6.61 Å². The molecule has 0 atom stereocenters. The molecular weight excluding hydrogens is 180 g/mol. The average Bonchev–Trinajstić information content (AvgIpc) is 1.72. The zero-order valence-electron chi connectivity index (χ0n) is 4.37. The summed E-state index contributed by atoms with van der Waals surface area (Å²) in [6.07, 6.45) is 0. The second-order valence-corrected chi connectivity index (χ2v) is 1.78. The Hall–Kier alpha value is 0.940. The van der Waals surface area contributed by atoms with E-state index in [-0.39, 0.29) is 0 Å². The Bertz CT molecular complexity index is 55.2. The molecule has 0 radical (unpaired) electrons. The van der Waals surface area contributed by atoms with Crippen molar-refractivity contribution in [2.24, 2.45) is 0 Å². The van der Waals surface area contributed by atoms with Crippen molar-refractivity contribution in [2.45, 2.75) is 6.92 Å². The monoisotopic (exact) mass is 188 g/mol. The molecule has 0 heterocycles. The lowest BCUT2D eigenvalue weighted by atomic mass is 10.9. The van der Waals surface area contributed by atoms with E-state index < -0.39 is 0 Å². The van der Waals surface area contributed by atoms with Crippen molar-refractivity contribution >= 4 is 52.6 Å². The van der Waals surface area contributed by atoms with E-state index in [1.165, 1.54) is 0 Å². The van der Waals surface area contributed by atoms with E-state index in [1.807, 2.05) is 6.92 Å². The fourth-order valence-electron chi connectivity index (χ4n) is 0.123. The van der Waals surface area contributed by atoms with Crippen molar-refractivity contribution in [3.05, 3.63) is 0 Å². The lowest BCUT2D eigenvalue weighted by molar-refractivity contribution is 0.346. The zero-order valence-corrected chi connectivity index (χ0v) is 7.87. The van der Waals surface area contributed by atoms with Crippen molar-refractivity contribution in [1.82, 2.24) is 0 Å². The summed E-state index contributed by atoms with van der Waals surface area (Å²) < 4.78 is 4.95. The quantitative estimate of drug-likeness (QED) is 0.330. The predicted molar refractivity (Wildman–Crippen MR) is 51.2 cm³/mol. The van der Waals surface area contributed by atoms with Crippen LogP contribution in [0.4, 0.5) is 0 Å². The normalized spacial score (nSPS) is 6.50. The molecule has 50 valence electrons. The first-order valence-electron chi connectivity index (χ1n) is 1.83. The maximum Gasteiger partial charge on any atom is 0.216 e. The largest absolute Gasteiger partial charge is 0.479 e. The highest BCUT2D eigenvalue weighted by molar-refractivity contribution is 8.59. The minimum absolute atomic E-state index is 0.317. The second-order valence-electron chi connectivity index (χ2n) is 0.699. The summed E-state index contributed by atoms with van der Waals surface area (Å²) in [5, 5.41) is 0. The first-order valence-corrected chi connectivity index (χ1v) is 4.28. The maximum atomic E-state index is 4.64. The number of thiol groups is 3. The summed E-state index contributed by atoms with van der Waals surface area (Å²) in [6, 6.07) is 0. The van der Waals surface area contributed by atoms with E-state index >= 15 is 0 Å². The second kappa shape index (κ2) is 10.8. The summed E-state index contributed by atoms with van der Waals surface area (Å²) >= 11 is 14.6. The lowest BCUT2D eigenvalue weighted by Crippen LogP contribution is -1.89. The molecule has 0 aliphatic heterocycles. The summed E-state index contributed by atoms with van der Waals surface area (Å²) in [6.45, 7) is 2.48. The highest BCUT2D eigenvalue weighted by Gasteiger charge is 1.77. The molecule has 0 saturated carbocycles. The van der Waals surface area contributed by atoms with E-state index in [9.17, 15) is 0 Å². The Kier molecular flexibility index (Phi) is 15.9. The van der Waals surface area contributed by atoms with Gasteiger partial charge in [-0.25, -0.2) is 0 Å². The first-order chi connectivity index (χ1) is 3.77. The molecule has 0 amide bonds. The zero-order chi connectivity index (χ0) is 6.99. The van der Waals surface area contributed by atoms with E-state index in [1.54, 1.807) is 0 Å². The van der Waals surface area contributed by atoms with Crippen molar-refractivity contribution < 1.29 is 4.74 Å². The molecule has 0 aromatic rings. The Labute approximate surface area is 70.8 Å². The van der Waals surface area contributed by atoms with Gasteiger partial charge < -0.3 is 4.74 Å². The molecule has 0 aromatic heterocycles. The third kappa shape index (κ3) is 15.8. The molecule has 5 heteroatoms. The van der Waals surface area contributed by atoms with Crippen LogP contribution in [0.2, 0.25) is 0 Å². The van der Waals surface area contributed by atoms with Gasteiger partial charge in [0, 0.05) is 0 Å². The highest BCUT2D eigenvalue weighted by atomic mass is 33.1. The van der Waals surface area contributed by atoms with Gasteiger partial charge in [-0.2, -0.15) is 0 Å². The van der Waals surface area contributed by atoms with Crippen LogP contribution in [0.5, 0.6) is 0 Å². The summed E-state index contributed by atoms with van der Waals surface area (Å²) in [5.41, 5.74) is 0. The van der Waals surface area contributed by atoms with Gasteiger partial charge in [-0.05, 0) is 19.1 Å². The molecule has 0 saturated heterocycles. The molecule has 0 unspecified atom stereocenters. The number of hydrogen-bond acceptors (Lipinski definition) is 4. The Balaban J connectivity index is 0. The molecule has 0 aliphatic carbocycles. The highest BCUT2D eigenvalue weighted by Crippen LogP contribution is 1.83. The number of hydrogen-bond donors (Lipinski definition) is 3. The third-order valence-electron chi connectivity index (χ3n) is 0.268. The molecule has 1 nitrogen and oxygen atoms in total. The van der Waals surface area contributed by atoms with E-state index in [4.69, 9.17) is 0 Å². The van der Waals surface area contributed by atoms with Gasteiger partial charge >= 0.3 is 0 Å². The number of thiocarbonyl (C=S) groups is 1. The molecule has 0 N–H and O–H groups in total. The minimum Gasteiger partial charge on any atom is -0.479 e. The van der Waals surface area contributed by atoms with Gasteiger partial charge in [0.1, 0.15) is 0 Å². The van der Waals surface area contributed by atoms with Crippen LogP contribution in [0.1, 0.15) is 6.92 Å². The van der Waals surface area contributed by atoms with Gasteiger partial charge in [-0.1, -0.05) is 12.6 Å². The van der Waals surface area contributed by atoms with Crippen LogP contribution >= 0.6 is 48.2 Å². The lowest BCUT2D eigenvalue weighted by Gasteiger charge is -1.92. The molecule has 0 aliphatic rings. The molecule has 0 bridgehead atoms. The molecule has 8 heavy (non-hydrogen) atoms. The van der Waals surface area contributed by atoms with Crippen LogP contribution in [-0.2, 0) is 4.74 Å². The Morgan fingerprint density at radius 2 is 2.00 bits per heavy atom. The van der Waals surface area contributed by atoms with E-state index in [0.717, 1.165) is 0 Å². The van der Waals surface area contributed by atoms with Crippen molar-refractivity contribution in [2.75, 3.05) is 6.61 Å². The Morgan fingerprint density at radius 3 is 2.00 bits per heavy atom.